The summed E-state index contributed by atoms with van der Waals surface area (Å²) in [5.74, 6) is 0.707. The second-order valence-electron chi connectivity index (χ2n) is 4.93. The van der Waals surface area contributed by atoms with Crippen LogP contribution in [-0.2, 0) is 0 Å². The molecule has 1 rings (SSSR count). The number of rotatable bonds is 8. The van der Waals surface area contributed by atoms with E-state index in [4.69, 9.17) is 5.26 Å². The van der Waals surface area contributed by atoms with Crippen molar-refractivity contribution >= 4 is 23.5 Å². The predicted octanol–water partition coefficient (Wildman–Crippen LogP) is 4.25. The molecule has 0 aliphatic carbocycles. The SMILES string of the molecule is CCCCCNC(=O)Nc1ccccc1SCC(C)C#N. The molecule has 0 heterocycles. The van der Waals surface area contributed by atoms with Gasteiger partial charge in [-0.15, -0.1) is 11.8 Å². The van der Waals surface area contributed by atoms with Crippen molar-refractivity contribution in [3.63, 3.8) is 0 Å². The molecule has 0 saturated heterocycles. The Bertz CT molecular complexity index is 485. The molecule has 1 aromatic carbocycles. The van der Waals surface area contributed by atoms with E-state index >= 15 is 0 Å². The Morgan fingerprint density at radius 2 is 2.14 bits per heavy atom. The molecule has 1 atom stereocenters. The number of thioether (sulfide) groups is 1. The van der Waals surface area contributed by atoms with Gasteiger partial charge in [-0.3, -0.25) is 0 Å². The number of amides is 2. The van der Waals surface area contributed by atoms with E-state index in [1.807, 2.05) is 31.2 Å². The normalized spacial score (nSPS) is 11.5. The Kier molecular flexibility index (Phi) is 8.37. The highest BCUT2D eigenvalue weighted by atomic mass is 32.2. The lowest BCUT2D eigenvalue weighted by Gasteiger charge is -2.12. The molecule has 0 radical (unpaired) electrons. The van der Waals surface area contributed by atoms with E-state index in [-0.39, 0.29) is 11.9 Å². The van der Waals surface area contributed by atoms with E-state index in [2.05, 4.69) is 23.6 Å². The van der Waals surface area contributed by atoms with Crippen LogP contribution in [0.25, 0.3) is 0 Å². The number of benzene rings is 1. The van der Waals surface area contributed by atoms with Crippen LogP contribution in [0.4, 0.5) is 10.5 Å². The van der Waals surface area contributed by atoms with Crippen molar-refractivity contribution < 1.29 is 4.79 Å². The van der Waals surface area contributed by atoms with E-state index in [9.17, 15) is 4.79 Å². The van der Waals surface area contributed by atoms with Crippen molar-refractivity contribution in [3.8, 4) is 6.07 Å². The highest BCUT2D eigenvalue weighted by molar-refractivity contribution is 7.99. The van der Waals surface area contributed by atoms with Gasteiger partial charge in [0.25, 0.3) is 0 Å². The Morgan fingerprint density at radius 1 is 1.38 bits per heavy atom. The monoisotopic (exact) mass is 305 g/mol. The number of hydrogen-bond acceptors (Lipinski definition) is 3. The molecule has 0 fully saturated rings. The maximum absolute atomic E-state index is 11.8. The summed E-state index contributed by atoms with van der Waals surface area (Å²) in [4.78, 5) is 12.8. The summed E-state index contributed by atoms with van der Waals surface area (Å²) in [5, 5.41) is 14.6. The first kappa shape index (κ1) is 17.4. The van der Waals surface area contributed by atoms with Gasteiger partial charge in [-0.25, -0.2) is 4.79 Å². The molecule has 0 bridgehead atoms. The van der Waals surface area contributed by atoms with Gasteiger partial charge >= 0.3 is 6.03 Å². The minimum Gasteiger partial charge on any atom is -0.338 e. The first-order valence-electron chi connectivity index (χ1n) is 7.33. The van der Waals surface area contributed by atoms with Crippen molar-refractivity contribution in [2.24, 2.45) is 5.92 Å². The number of nitriles is 1. The third-order valence-corrected chi connectivity index (χ3v) is 4.24. The number of urea groups is 1. The predicted molar refractivity (Wildman–Crippen MR) is 88.5 cm³/mol. The van der Waals surface area contributed by atoms with Gasteiger partial charge in [-0.1, -0.05) is 31.9 Å². The van der Waals surface area contributed by atoms with Crippen molar-refractivity contribution in [1.29, 1.82) is 5.26 Å². The van der Waals surface area contributed by atoms with Gasteiger partial charge in [-0.2, -0.15) is 5.26 Å². The van der Waals surface area contributed by atoms with E-state index in [1.165, 1.54) is 0 Å². The lowest BCUT2D eigenvalue weighted by Crippen LogP contribution is -2.29. The van der Waals surface area contributed by atoms with E-state index in [1.54, 1.807) is 11.8 Å². The van der Waals surface area contributed by atoms with Crippen molar-refractivity contribution in [2.45, 2.75) is 38.0 Å². The minimum atomic E-state index is -0.174. The van der Waals surface area contributed by atoms with Crippen LogP contribution in [-0.4, -0.2) is 18.3 Å². The summed E-state index contributed by atoms with van der Waals surface area (Å²) < 4.78 is 0. The fourth-order valence-corrected chi connectivity index (χ4v) is 2.64. The first-order valence-corrected chi connectivity index (χ1v) is 8.32. The van der Waals surface area contributed by atoms with Crippen molar-refractivity contribution in [2.75, 3.05) is 17.6 Å². The number of nitrogens with zero attached hydrogens (tertiary/aromatic N) is 1. The van der Waals surface area contributed by atoms with Crippen LogP contribution in [0, 0.1) is 17.2 Å². The number of para-hydroxylation sites is 1. The standard InChI is InChI=1S/C16H23N3OS/c1-3-4-7-10-18-16(20)19-14-8-5-6-9-15(14)21-12-13(2)11-17/h5-6,8-9,13H,3-4,7,10,12H2,1-2H3,(H2,18,19,20). The maximum atomic E-state index is 11.8. The quantitative estimate of drug-likeness (QED) is 0.557. The first-order chi connectivity index (χ1) is 10.2. The van der Waals surface area contributed by atoms with Gasteiger partial charge in [-0.05, 0) is 25.5 Å². The van der Waals surface area contributed by atoms with Crippen LogP contribution in [0.2, 0.25) is 0 Å². The molecule has 1 aromatic rings. The molecular weight excluding hydrogens is 282 g/mol. The zero-order valence-corrected chi connectivity index (χ0v) is 13.5. The molecule has 114 valence electrons. The van der Waals surface area contributed by atoms with Gasteiger partial charge in [0.2, 0.25) is 0 Å². The fraction of sp³-hybridized carbons (Fsp3) is 0.500. The minimum absolute atomic E-state index is 0.00840. The molecular formula is C16H23N3OS. The fourth-order valence-electron chi connectivity index (χ4n) is 1.69. The summed E-state index contributed by atoms with van der Waals surface area (Å²) in [6.07, 6.45) is 3.26. The summed E-state index contributed by atoms with van der Waals surface area (Å²) in [6.45, 7) is 4.72. The highest BCUT2D eigenvalue weighted by Crippen LogP contribution is 2.28. The molecule has 2 amide bonds. The van der Waals surface area contributed by atoms with Gasteiger partial charge in [0, 0.05) is 17.2 Å². The molecule has 4 nitrogen and oxygen atoms in total. The zero-order valence-electron chi connectivity index (χ0n) is 12.7. The molecule has 1 unspecified atom stereocenters. The maximum Gasteiger partial charge on any atom is 0.319 e. The average molecular weight is 305 g/mol. The lowest BCUT2D eigenvalue weighted by molar-refractivity contribution is 0.252. The van der Waals surface area contributed by atoms with Crippen LogP contribution < -0.4 is 10.6 Å². The molecule has 0 aliphatic heterocycles. The Morgan fingerprint density at radius 3 is 2.86 bits per heavy atom. The van der Waals surface area contributed by atoms with Crippen LogP contribution in [0.1, 0.15) is 33.1 Å². The van der Waals surface area contributed by atoms with E-state index in [0.29, 0.717) is 12.3 Å². The summed E-state index contributed by atoms with van der Waals surface area (Å²) >= 11 is 1.59. The molecule has 0 spiro atoms. The topological polar surface area (TPSA) is 64.9 Å². The van der Waals surface area contributed by atoms with E-state index < -0.39 is 0 Å². The third-order valence-electron chi connectivity index (χ3n) is 2.91. The van der Waals surface area contributed by atoms with Gasteiger partial charge in [0.15, 0.2) is 0 Å². The second kappa shape index (κ2) is 10.1. The van der Waals surface area contributed by atoms with Gasteiger partial charge < -0.3 is 10.6 Å². The van der Waals surface area contributed by atoms with Crippen LogP contribution >= 0.6 is 11.8 Å². The Labute approximate surface area is 131 Å². The van der Waals surface area contributed by atoms with Gasteiger partial charge in [0.1, 0.15) is 0 Å². The molecule has 0 aliphatic rings. The molecule has 0 aromatic heterocycles. The number of unbranched alkanes of at least 4 members (excludes halogenated alkanes) is 2. The molecule has 21 heavy (non-hydrogen) atoms. The Balaban J connectivity index is 2.50. The molecule has 5 heteroatoms. The Hall–Kier alpha value is -1.67. The summed E-state index contributed by atoms with van der Waals surface area (Å²) in [7, 11) is 0. The van der Waals surface area contributed by atoms with Crippen LogP contribution in [0.3, 0.4) is 0 Å². The molecule has 2 N–H and O–H groups in total. The zero-order chi connectivity index (χ0) is 15.5. The summed E-state index contributed by atoms with van der Waals surface area (Å²) in [6, 6.07) is 9.71. The number of carbonyl (C=O) groups is 1. The van der Waals surface area contributed by atoms with Crippen molar-refractivity contribution in [3.05, 3.63) is 24.3 Å². The van der Waals surface area contributed by atoms with Crippen molar-refractivity contribution in [1.82, 2.24) is 5.32 Å². The number of hydrogen-bond donors (Lipinski definition) is 2. The van der Waals surface area contributed by atoms with E-state index in [0.717, 1.165) is 29.8 Å². The number of anilines is 1. The largest absolute Gasteiger partial charge is 0.338 e. The van der Waals surface area contributed by atoms with Crippen LogP contribution in [0.15, 0.2) is 29.2 Å². The summed E-state index contributed by atoms with van der Waals surface area (Å²) in [5.41, 5.74) is 0.792. The van der Waals surface area contributed by atoms with Crippen LogP contribution in [0.5, 0.6) is 0 Å². The number of carbonyl (C=O) groups excluding carboxylic acids is 1. The lowest BCUT2D eigenvalue weighted by atomic mass is 10.2. The smallest absolute Gasteiger partial charge is 0.319 e. The molecule has 0 saturated carbocycles. The third kappa shape index (κ3) is 7.05. The highest BCUT2D eigenvalue weighted by Gasteiger charge is 2.08. The second-order valence-corrected chi connectivity index (χ2v) is 5.99. The average Bonchev–Trinajstić information content (AvgIpc) is 2.50. The van der Waals surface area contributed by atoms with Gasteiger partial charge in [0.05, 0.1) is 17.7 Å². The number of nitrogens with one attached hydrogen (secondary N) is 2.